The van der Waals surface area contributed by atoms with Crippen molar-refractivity contribution in [1.82, 2.24) is 0 Å². The molecule has 0 heterocycles. The van der Waals surface area contributed by atoms with Gasteiger partial charge in [-0.1, -0.05) is 13.8 Å². The Kier molecular flexibility index (Phi) is 2.02. The van der Waals surface area contributed by atoms with E-state index in [0.29, 0.717) is 5.92 Å². The van der Waals surface area contributed by atoms with Gasteiger partial charge in [0.15, 0.2) is 0 Å². The molecule has 0 N–H and O–H groups in total. The van der Waals surface area contributed by atoms with Crippen LogP contribution >= 0.6 is 0 Å². The second-order valence-electron chi connectivity index (χ2n) is 4.11. The molecule has 0 spiro atoms. The van der Waals surface area contributed by atoms with Crippen molar-refractivity contribution in [3.63, 3.8) is 0 Å². The fourth-order valence-electron chi connectivity index (χ4n) is 1.79. The van der Waals surface area contributed by atoms with Crippen molar-refractivity contribution in [2.45, 2.75) is 45.7 Å². The van der Waals surface area contributed by atoms with E-state index >= 15 is 0 Å². The van der Waals surface area contributed by atoms with Crippen LogP contribution in [0, 0.1) is 11.8 Å². The van der Waals surface area contributed by atoms with E-state index in [4.69, 9.17) is 0 Å². The highest BCUT2D eigenvalue weighted by Crippen LogP contribution is 2.37. The monoisotopic (exact) mass is 144 g/mol. The van der Waals surface area contributed by atoms with Crippen LogP contribution in [-0.4, -0.2) is 5.67 Å². The van der Waals surface area contributed by atoms with Crippen molar-refractivity contribution >= 4 is 0 Å². The Morgan fingerprint density at radius 2 is 1.90 bits per heavy atom. The van der Waals surface area contributed by atoms with Gasteiger partial charge in [-0.25, -0.2) is 4.39 Å². The molecular weight excluding hydrogens is 127 g/mol. The summed E-state index contributed by atoms with van der Waals surface area (Å²) in [7, 11) is 0. The van der Waals surface area contributed by atoms with E-state index in [2.05, 4.69) is 13.8 Å². The van der Waals surface area contributed by atoms with E-state index in [1.54, 1.807) is 6.92 Å². The Hall–Kier alpha value is -0.0700. The van der Waals surface area contributed by atoms with Gasteiger partial charge in [0.2, 0.25) is 0 Å². The van der Waals surface area contributed by atoms with Gasteiger partial charge < -0.3 is 0 Å². The van der Waals surface area contributed by atoms with E-state index in [9.17, 15) is 4.39 Å². The van der Waals surface area contributed by atoms with Crippen LogP contribution in [0.25, 0.3) is 0 Å². The number of hydrogen-bond donors (Lipinski definition) is 0. The lowest BCUT2D eigenvalue weighted by molar-refractivity contribution is 0.0710. The van der Waals surface area contributed by atoms with Crippen LogP contribution in [0.5, 0.6) is 0 Å². The Morgan fingerprint density at radius 3 is 2.30 bits per heavy atom. The summed E-state index contributed by atoms with van der Waals surface area (Å²) in [5.41, 5.74) is -0.869. The van der Waals surface area contributed by atoms with Crippen molar-refractivity contribution in [2.24, 2.45) is 11.8 Å². The molecule has 0 aliphatic heterocycles. The molecule has 1 fully saturated rings. The summed E-state index contributed by atoms with van der Waals surface area (Å²) < 4.78 is 13.3. The minimum Gasteiger partial charge on any atom is -0.244 e. The van der Waals surface area contributed by atoms with E-state index in [1.165, 1.54) is 0 Å². The van der Waals surface area contributed by atoms with Gasteiger partial charge in [-0.3, -0.25) is 0 Å². The van der Waals surface area contributed by atoms with Crippen LogP contribution in [0.2, 0.25) is 0 Å². The Morgan fingerprint density at radius 1 is 1.30 bits per heavy atom. The highest BCUT2D eigenvalue weighted by Gasteiger charge is 2.33. The SMILES string of the molecule is C[C@@H]1CC[C@](C)(F)C[C@H]1C. The molecule has 1 saturated carbocycles. The molecule has 0 amide bonds. The minimum atomic E-state index is -0.869. The molecule has 60 valence electrons. The zero-order chi connectivity index (χ0) is 7.78. The first-order chi connectivity index (χ1) is 4.51. The van der Waals surface area contributed by atoms with Crippen LogP contribution in [-0.2, 0) is 0 Å². The Balaban J connectivity index is 2.49. The number of rotatable bonds is 0. The summed E-state index contributed by atoms with van der Waals surface area (Å²) in [5, 5.41) is 0. The lowest BCUT2D eigenvalue weighted by Gasteiger charge is -2.34. The van der Waals surface area contributed by atoms with E-state index in [1.807, 2.05) is 0 Å². The maximum absolute atomic E-state index is 13.3. The van der Waals surface area contributed by atoms with Crippen LogP contribution in [0.3, 0.4) is 0 Å². The maximum Gasteiger partial charge on any atom is 0.108 e. The third kappa shape index (κ3) is 1.71. The predicted octanol–water partition coefficient (Wildman–Crippen LogP) is 3.17. The molecule has 10 heavy (non-hydrogen) atoms. The first-order valence-corrected chi connectivity index (χ1v) is 4.20. The van der Waals surface area contributed by atoms with Crippen molar-refractivity contribution in [1.29, 1.82) is 0 Å². The van der Waals surface area contributed by atoms with Gasteiger partial charge in [0.25, 0.3) is 0 Å². The molecule has 0 aromatic heterocycles. The minimum absolute atomic E-state index is 0.573. The molecule has 0 aromatic rings. The normalized spacial score (nSPS) is 49.2. The van der Waals surface area contributed by atoms with Crippen LogP contribution in [0.4, 0.5) is 4.39 Å². The average Bonchev–Trinajstić information content (AvgIpc) is 1.79. The van der Waals surface area contributed by atoms with Gasteiger partial charge in [-0.2, -0.15) is 0 Å². The molecule has 1 aliphatic carbocycles. The molecule has 1 rings (SSSR count). The summed E-state index contributed by atoms with van der Waals surface area (Å²) in [6.45, 7) is 6.11. The fourth-order valence-corrected chi connectivity index (χ4v) is 1.79. The van der Waals surface area contributed by atoms with Gasteiger partial charge >= 0.3 is 0 Å². The highest BCUT2D eigenvalue weighted by molar-refractivity contribution is 4.84. The standard InChI is InChI=1S/C9H17F/c1-7-4-5-9(3,10)6-8(7)2/h7-8H,4-6H2,1-3H3/t7-,8-,9+/m1/s1. The van der Waals surface area contributed by atoms with Crippen molar-refractivity contribution in [3.8, 4) is 0 Å². The lowest BCUT2D eigenvalue weighted by atomic mass is 9.75. The molecule has 0 bridgehead atoms. The van der Waals surface area contributed by atoms with Crippen LogP contribution in [0.1, 0.15) is 40.0 Å². The van der Waals surface area contributed by atoms with Gasteiger partial charge in [-0.15, -0.1) is 0 Å². The first-order valence-electron chi connectivity index (χ1n) is 4.20. The van der Waals surface area contributed by atoms with Gasteiger partial charge in [0.1, 0.15) is 5.67 Å². The van der Waals surface area contributed by atoms with E-state index in [0.717, 1.165) is 25.2 Å². The molecule has 0 nitrogen and oxygen atoms in total. The Bertz CT molecular complexity index is 118. The average molecular weight is 144 g/mol. The second kappa shape index (κ2) is 2.52. The molecule has 0 aromatic carbocycles. The molecule has 3 atom stereocenters. The van der Waals surface area contributed by atoms with Crippen molar-refractivity contribution < 1.29 is 4.39 Å². The number of hydrogen-bond acceptors (Lipinski definition) is 0. The molecule has 1 aliphatic rings. The molecule has 1 heteroatoms. The van der Waals surface area contributed by atoms with Crippen molar-refractivity contribution in [2.75, 3.05) is 0 Å². The summed E-state index contributed by atoms with van der Waals surface area (Å²) in [6.07, 6.45) is 2.58. The van der Waals surface area contributed by atoms with Gasteiger partial charge in [0, 0.05) is 0 Å². The Labute approximate surface area is 62.8 Å². The third-order valence-corrected chi connectivity index (χ3v) is 2.84. The molecule has 0 saturated heterocycles. The number of halogens is 1. The molecular formula is C9H17F. The van der Waals surface area contributed by atoms with Gasteiger partial charge in [0.05, 0.1) is 0 Å². The summed E-state index contributed by atoms with van der Waals surface area (Å²) in [6, 6.07) is 0. The summed E-state index contributed by atoms with van der Waals surface area (Å²) in [5.74, 6) is 1.30. The largest absolute Gasteiger partial charge is 0.244 e. The topological polar surface area (TPSA) is 0 Å². The second-order valence-corrected chi connectivity index (χ2v) is 4.11. The van der Waals surface area contributed by atoms with Crippen LogP contribution in [0.15, 0.2) is 0 Å². The maximum atomic E-state index is 13.3. The quantitative estimate of drug-likeness (QED) is 0.490. The zero-order valence-electron chi connectivity index (χ0n) is 7.15. The van der Waals surface area contributed by atoms with Crippen molar-refractivity contribution in [3.05, 3.63) is 0 Å². The smallest absolute Gasteiger partial charge is 0.108 e. The molecule has 0 unspecified atom stereocenters. The van der Waals surface area contributed by atoms with Crippen LogP contribution < -0.4 is 0 Å². The zero-order valence-corrected chi connectivity index (χ0v) is 7.15. The lowest BCUT2D eigenvalue weighted by Crippen LogP contribution is -2.30. The van der Waals surface area contributed by atoms with E-state index < -0.39 is 5.67 Å². The number of alkyl halides is 1. The van der Waals surface area contributed by atoms with E-state index in [-0.39, 0.29) is 0 Å². The summed E-state index contributed by atoms with van der Waals surface area (Å²) in [4.78, 5) is 0. The fraction of sp³-hybridized carbons (Fsp3) is 1.00. The van der Waals surface area contributed by atoms with Gasteiger partial charge in [-0.05, 0) is 38.0 Å². The first kappa shape index (κ1) is 8.03. The predicted molar refractivity (Wildman–Crippen MR) is 41.7 cm³/mol. The highest BCUT2D eigenvalue weighted by atomic mass is 19.1. The summed E-state index contributed by atoms with van der Waals surface area (Å²) >= 11 is 0. The molecule has 0 radical (unpaired) electrons. The third-order valence-electron chi connectivity index (χ3n) is 2.84.